The molecule has 6 amide bonds. The molecule has 0 saturated carbocycles. The molecule has 0 bridgehead atoms. The van der Waals surface area contributed by atoms with Crippen molar-refractivity contribution in [1.82, 2.24) is 31.5 Å². The highest BCUT2D eigenvalue weighted by Crippen LogP contribution is 2.33. The summed E-state index contributed by atoms with van der Waals surface area (Å²) in [4.78, 5) is 81.3. The molecule has 13 nitrogen and oxygen atoms in total. The summed E-state index contributed by atoms with van der Waals surface area (Å²) in [5.74, 6) is -2.74. The van der Waals surface area contributed by atoms with Gasteiger partial charge in [-0.1, -0.05) is 105 Å². The third-order valence-electron chi connectivity index (χ3n) is 9.15. The lowest BCUT2D eigenvalue weighted by molar-refractivity contribution is -0.144. The van der Waals surface area contributed by atoms with Crippen LogP contribution in [0.25, 0.3) is 0 Å². The summed E-state index contributed by atoms with van der Waals surface area (Å²) in [6, 6.07) is 5.22. The number of hydrogen-bond acceptors (Lipinski definition) is 7. The number of alkyl carbamates (subject to hydrolysis) is 1. The van der Waals surface area contributed by atoms with Crippen LogP contribution in [0.1, 0.15) is 86.6 Å². The first kappa shape index (κ1) is 42.7. The van der Waals surface area contributed by atoms with Gasteiger partial charge in [-0.25, -0.2) is 9.59 Å². The summed E-state index contributed by atoms with van der Waals surface area (Å²) < 4.78 is 5.30. The first-order valence-corrected chi connectivity index (χ1v) is 18.1. The maximum Gasteiger partial charge on any atom is 0.407 e. The number of hydrogen-bond donors (Lipinski definition) is 5. The Morgan fingerprint density at radius 3 is 2.22 bits per heavy atom. The standard InChI is InChI=1S/C38H60N6O7/c1-10-12-18-28(31(45)34(47)39-20-11-2)41-33(46)30-27(24(3)4)19-21-44(30)35(48)32(38(7,8)9)43-36(49)42-29(25(5)6)22-40-37(50)51-23-26-16-14-13-15-17-26/h11,13-17,24-25,27-30,32H,2,10,12,18-23H2,1,3-9H3,(H,39,47)(H,40,50)(H,41,46)(H2,42,43,49)/t27-,28?,29+,30+,32-/m1/s1. The van der Waals surface area contributed by atoms with E-state index < -0.39 is 65.2 Å². The molecular formula is C38H60N6O7. The molecule has 2 rings (SSSR count). The van der Waals surface area contributed by atoms with E-state index in [1.165, 1.54) is 11.0 Å². The van der Waals surface area contributed by atoms with Crippen LogP contribution in [0.5, 0.6) is 0 Å². The highest BCUT2D eigenvalue weighted by molar-refractivity contribution is 6.38. The maximum absolute atomic E-state index is 14.3. The van der Waals surface area contributed by atoms with E-state index in [0.717, 1.165) is 12.0 Å². The lowest BCUT2D eigenvalue weighted by Crippen LogP contribution is -2.62. The number of nitrogens with one attached hydrogen (secondary N) is 5. The van der Waals surface area contributed by atoms with Crippen LogP contribution in [0.2, 0.25) is 0 Å². The lowest BCUT2D eigenvalue weighted by Gasteiger charge is -2.37. The van der Waals surface area contributed by atoms with E-state index in [-0.39, 0.29) is 50.4 Å². The SMILES string of the molecule is C=CCNC(=O)C(=O)C(CCCC)NC(=O)[C@@H]1[C@@H](C(C)C)CCN1C(=O)[C@@H](NC(=O)N[C@@H](CNC(=O)OCc1ccccc1)C(C)C)C(C)(C)C. The highest BCUT2D eigenvalue weighted by Gasteiger charge is 2.47. The van der Waals surface area contributed by atoms with Crippen molar-refractivity contribution in [2.24, 2.45) is 23.2 Å². The summed E-state index contributed by atoms with van der Waals surface area (Å²) in [5, 5.41) is 13.7. The lowest BCUT2D eigenvalue weighted by atomic mass is 9.84. The van der Waals surface area contributed by atoms with E-state index in [2.05, 4.69) is 33.2 Å². The zero-order valence-electron chi connectivity index (χ0n) is 31.7. The van der Waals surface area contributed by atoms with Crippen molar-refractivity contribution in [3.8, 4) is 0 Å². The number of urea groups is 1. The van der Waals surface area contributed by atoms with Gasteiger partial charge in [0.25, 0.3) is 5.91 Å². The molecule has 1 aliphatic rings. The summed E-state index contributed by atoms with van der Waals surface area (Å²) in [6.07, 6.45) is 3.04. The molecule has 1 fully saturated rings. The molecule has 5 N–H and O–H groups in total. The summed E-state index contributed by atoms with van der Waals surface area (Å²) in [6.45, 7) is 19.3. The van der Waals surface area contributed by atoms with Crippen molar-refractivity contribution in [3.05, 3.63) is 48.6 Å². The number of nitrogens with zero attached hydrogens (tertiary/aromatic N) is 1. The molecule has 1 aromatic carbocycles. The fourth-order valence-corrected chi connectivity index (χ4v) is 6.02. The smallest absolute Gasteiger partial charge is 0.407 e. The molecule has 13 heteroatoms. The van der Waals surface area contributed by atoms with Crippen molar-refractivity contribution in [2.75, 3.05) is 19.6 Å². The zero-order valence-corrected chi connectivity index (χ0v) is 31.7. The van der Waals surface area contributed by atoms with Crippen LogP contribution in [0.15, 0.2) is 43.0 Å². The Kier molecular flexibility index (Phi) is 17.1. The van der Waals surface area contributed by atoms with Gasteiger partial charge in [0, 0.05) is 19.6 Å². The molecule has 1 aromatic rings. The first-order chi connectivity index (χ1) is 24.0. The van der Waals surface area contributed by atoms with E-state index in [1.807, 2.05) is 85.7 Å². The summed E-state index contributed by atoms with van der Waals surface area (Å²) in [7, 11) is 0. The molecule has 5 atom stereocenters. The number of likely N-dealkylation sites (tertiary alicyclic amines) is 1. The Balaban J connectivity index is 2.20. The van der Waals surface area contributed by atoms with Gasteiger partial charge in [-0.3, -0.25) is 19.2 Å². The van der Waals surface area contributed by atoms with Gasteiger partial charge in [-0.2, -0.15) is 0 Å². The van der Waals surface area contributed by atoms with Gasteiger partial charge in [-0.15, -0.1) is 6.58 Å². The number of ketones is 1. The van der Waals surface area contributed by atoms with Crippen molar-refractivity contribution < 1.29 is 33.5 Å². The molecule has 1 unspecified atom stereocenters. The molecule has 51 heavy (non-hydrogen) atoms. The second-order valence-corrected chi connectivity index (χ2v) is 14.9. The quantitative estimate of drug-likeness (QED) is 0.113. The van der Waals surface area contributed by atoms with E-state index >= 15 is 0 Å². The number of ether oxygens (including phenoxy) is 1. The van der Waals surface area contributed by atoms with Crippen LogP contribution in [0.3, 0.4) is 0 Å². The minimum atomic E-state index is -1.05. The van der Waals surface area contributed by atoms with Gasteiger partial charge in [0.05, 0.1) is 12.1 Å². The second kappa shape index (κ2) is 20.4. The number of rotatable bonds is 18. The number of carbonyl (C=O) groups is 6. The minimum Gasteiger partial charge on any atom is -0.445 e. The summed E-state index contributed by atoms with van der Waals surface area (Å²) >= 11 is 0. The number of benzene rings is 1. The fraction of sp³-hybridized carbons (Fsp3) is 0.632. The Morgan fingerprint density at radius 2 is 1.65 bits per heavy atom. The fourth-order valence-electron chi connectivity index (χ4n) is 6.02. The number of amides is 6. The number of unbranched alkanes of at least 4 members (excludes halogenated alkanes) is 1. The number of Topliss-reactive ketones (excluding diaryl/α,β-unsaturated/α-hetero) is 1. The van der Waals surface area contributed by atoms with Gasteiger partial charge in [0.2, 0.25) is 17.6 Å². The van der Waals surface area contributed by atoms with Gasteiger partial charge in [0.15, 0.2) is 0 Å². The Bertz CT molecular complexity index is 1340. The predicted octanol–water partition coefficient (Wildman–Crippen LogP) is 4.07. The van der Waals surface area contributed by atoms with E-state index in [0.29, 0.717) is 12.8 Å². The maximum atomic E-state index is 14.3. The van der Waals surface area contributed by atoms with Crippen molar-refractivity contribution in [2.45, 2.75) is 112 Å². The molecule has 0 aromatic heterocycles. The predicted molar refractivity (Wildman–Crippen MR) is 196 cm³/mol. The topological polar surface area (TPSA) is 175 Å². The Hall–Kier alpha value is -4.42. The van der Waals surface area contributed by atoms with E-state index in [9.17, 15) is 28.8 Å². The van der Waals surface area contributed by atoms with Crippen LogP contribution < -0.4 is 26.6 Å². The van der Waals surface area contributed by atoms with Crippen molar-refractivity contribution >= 4 is 35.6 Å². The normalized spacial score (nSPS) is 17.6. The highest BCUT2D eigenvalue weighted by atomic mass is 16.5. The van der Waals surface area contributed by atoms with Gasteiger partial charge >= 0.3 is 12.1 Å². The molecule has 1 saturated heterocycles. The van der Waals surface area contributed by atoms with Gasteiger partial charge < -0.3 is 36.2 Å². The average molecular weight is 713 g/mol. The largest absolute Gasteiger partial charge is 0.445 e. The van der Waals surface area contributed by atoms with Crippen LogP contribution in [0.4, 0.5) is 9.59 Å². The molecule has 1 aliphatic heterocycles. The van der Waals surface area contributed by atoms with Crippen LogP contribution in [0, 0.1) is 23.2 Å². The van der Waals surface area contributed by atoms with Crippen molar-refractivity contribution in [1.29, 1.82) is 0 Å². The Morgan fingerprint density at radius 1 is 0.980 bits per heavy atom. The van der Waals surface area contributed by atoms with Crippen molar-refractivity contribution in [3.63, 3.8) is 0 Å². The molecule has 1 heterocycles. The zero-order chi connectivity index (χ0) is 38.3. The Labute approximate surface area is 303 Å². The van der Waals surface area contributed by atoms with Gasteiger partial charge in [-0.05, 0) is 41.6 Å². The monoisotopic (exact) mass is 712 g/mol. The first-order valence-electron chi connectivity index (χ1n) is 18.1. The molecule has 0 spiro atoms. The molecule has 0 radical (unpaired) electrons. The minimum absolute atomic E-state index is 0.0299. The van der Waals surface area contributed by atoms with Gasteiger partial charge in [0.1, 0.15) is 18.7 Å². The molecule has 284 valence electrons. The summed E-state index contributed by atoms with van der Waals surface area (Å²) in [5.41, 5.74) is 0.0958. The van der Waals surface area contributed by atoms with E-state index in [1.54, 1.807) is 0 Å². The van der Waals surface area contributed by atoms with Crippen LogP contribution >= 0.6 is 0 Å². The third-order valence-corrected chi connectivity index (χ3v) is 9.15. The van der Waals surface area contributed by atoms with E-state index in [4.69, 9.17) is 4.74 Å². The average Bonchev–Trinajstić information content (AvgIpc) is 3.54. The van der Waals surface area contributed by atoms with Crippen LogP contribution in [-0.4, -0.2) is 84.3 Å². The molecule has 0 aliphatic carbocycles. The van der Waals surface area contributed by atoms with Crippen LogP contribution in [-0.2, 0) is 30.5 Å². The second-order valence-electron chi connectivity index (χ2n) is 14.9. The third kappa shape index (κ3) is 13.3. The number of carbonyl (C=O) groups excluding carboxylic acids is 6. The molecular weight excluding hydrogens is 652 g/mol.